The van der Waals surface area contributed by atoms with Gasteiger partial charge in [-0.15, -0.1) is 0 Å². The highest BCUT2D eigenvalue weighted by molar-refractivity contribution is 6.44. The highest BCUT2D eigenvalue weighted by Gasteiger charge is 2.28. The van der Waals surface area contributed by atoms with Gasteiger partial charge in [0.2, 0.25) is 0 Å². The van der Waals surface area contributed by atoms with Gasteiger partial charge in [-0.25, -0.2) is 4.79 Å². The molecule has 2 fully saturated rings. The van der Waals surface area contributed by atoms with Crippen molar-refractivity contribution < 1.29 is 4.79 Å². The molecule has 2 aliphatic rings. The Morgan fingerprint density at radius 3 is 2.47 bits per heavy atom. The van der Waals surface area contributed by atoms with Crippen LogP contribution in [0.15, 0.2) is 12.1 Å². The number of carbonyl (C=O) groups is 1. The minimum Gasteiger partial charge on any atom is -0.365 e. The van der Waals surface area contributed by atoms with E-state index in [0.717, 1.165) is 56.2 Å². The number of piperazine rings is 1. The van der Waals surface area contributed by atoms with Crippen LogP contribution < -0.4 is 10.2 Å². The maximum atomic E-state index is 11.8. The van der Waals surface area contributed by atoms with Gasteiger partial charge in [0, 0.05) is 45.8 Å². The Bertz CT molecular complexity index is 734. The van der Waals surface area contributed by atoms with E-state index in [-0.39, 0.29) is 6.03 Å². The summed E-state index contributed by atoms with van der Waals surface area (Å²) in [7, 11) is 3.59. The van der Waals surface area contributed by atoms with Crippen molar-refractivity contribution in [2.24, 2.45) is 5.92 Å². The van der Waals surface area contributed by atoms with Crippen LogP contribution in [0.1, 0.15) is 44.6 Å². The normalized spacial score (nSPS) is 25.3. The van der Waals surface area contributed by atoms with Gasteiger partial charge < -0.3 is 15.1 Å². The molecule has 1 aliphatic carbocycles. The van der Waals surface area contributed by atoms with Gasteiger partial charge in [0.25, 0.3) is 0 Å². The molecule has 3 rings (SSSR count). The van der Waals surface area contributed by atoms with Gasteiger partial charge in [-0.3, -0.25) is 4.90 Å². The molecule has 168 valence electrons. The van der Waals surface area contributed by atoms with Crippen LogP contribution in [-0.4, -0.2) is 68.2 Å². The van der Waals surface area contributed by atoms with E-state index in [1.54, 1.807) is 19.0 Å². The average Bonchev–Trinajstić information content (AvgIpc) is 2.72. The summed E-state index contributed by atoms with van der Waals surface area (Å²) in [6.45, 7) is 8.50. The average molecular weight is 455 g/mol. The fourth-order valence-corrected chi connectivity index (χ4v) is 5.20. The van der Waals surface area contributed by atoms with Crippen molar-refractivity contribution in [1.29, 1.82) is 0 Å². The molecule has 1 atom stereocenters. The first-order valence-electron chi connectivity index (χ1n) is 11.2. The number of urea groups is 1. The molecule has 2 amide bonds. The predicted molar refractivity (Wildman–Crippen MR) is 127 cm³/mol. The molecule has 0 unspecified atom stereocenters. The molecular formula is C23H36Cl2N4O. The first-order chi connectivity index (χ1) is 14.3. The van der Waals surface area contributed by atoms with Gasteiger partial charge in [0.15, 0.2) is 0 Å². The molecule has 0 spiro atoms. The molecule has 30 heavy (non-hydrogen) atoms. The molecule has 1 aliphatic heterocycles. The van der Waals surface area contributed by atoms with Gasteiger partial charge in [0.1, 0.15) is 0 Å². The van der Waals surface area contributed by atoms with E-state index in [0.29, 0.717) is 22.1 Å². The number of benzene rings is 1. The minimum absolute atomic E-state index is 0.0280. The summed E-state index contributed by atoms with van der Waals surface area (Å²) >= 11 is 12.9. The summed E-state index contributed by atoms with van der Waals surface area (Å²) < 4.78 is 0. The van der Waals surface area contributed by atoms with Crippen molar-refractivity contribution in [3.63, 3.8) is 0 Å². The monoisotopic (exact) mass is 454 g/mol. The van der Waals surface area contributed by atoms with Gasteiger partial charge in [-0.05, 0) is 70.0 Å². The summed E-state index contributed by atoms with van der Waals surface area (Å²) in [6.07, 6.45) is 5.87. The lowest BCUT2D eigenvalue weighted by molar-refractivity contribution is 0.187. The molecule has 5 nitrogen and oxygen atoms in total. The minimum atomic E-state index is 0.0280. The fourth-order valence-electron chi connectivity index (χ4n) is 4.72. The summed E-state index contributed by atoms with van der Waals surface area (Å²) in [6, 6.07) is 4.93. The number of hydrogen-bond donors (Lipinski definition) is 1. The Kier molecular flexibility index (Phi) is 8.17. The van der Waals surface area contributed by atoms with Gasteiger partial charge in [-0.2, -0.15) is 0 Å². The molecule has 1 saturated heterocycles. The topological polar surface area (TPSA) is 38.8 Å². The molecule has 1 aromatic rings. The van der Waals surface area contributed by atoms with E-state index in [9.17, 15) is 4.79 Å². The largest absolute Gasteiger partial charge is 0.365 e. The molecular weight excluding hydrogens is 419 g/mol. The van der Waals surface area contributed by atoms with Crippen LogP contribution >= 0.6 is 23.2 Å². The van der Waals surface area contributed by atoms with Crippen LogP contribution in [0, 0.1) is 12.8 Å². The number of amides is 2. The second-order valence-electron chi connectivity index (χ2n) is 9.22. The van der Waals surface area contributed by atoms with Gasteiger partial charge in [-0.1, -0.05) is 29.3 Å². The Morgan fingerprint density at radius 2 is 1.83 bits per heavy atom. The predicted octanol–water partition coefficient (Wildman–Crippen LogP) is 5.03. The van der Waals surface area contributed by atoms with E-state index in [1.165, 1.54) is 19.3 Å². The number of nitrogens with one attached hydrogen (secondary N) is 1. The lowest BCUT2D eigenvalue weighted by atomic mass is 9.84. The first-order valence-corrected chi connectivity index (χ1v) is 11.9. The first kappa shape index (κ1) is 23.5. The molecule has 1 saturated carbocycles. The van der Waals surface area contributed by atoms with Crippen molar-refractivity contribution in [2.45, 2.75) is 58.0 Å². The molecule has 7 heteroatoms. The van der Waals surface area contributed by atoms with Crippen LogP contribution in [0.3, 0.4) is 0 Å². The number of hydrogen-bond acceptors (Lipinski definition) is 3. The number of nitrogens with zero attached hydrogens (tertiary/aromatic N) is 3. The molecule has 0 aromatic heterocycles. The summed E-state index contributed by atoms with van der Waals surface area (Å²) in [5, 5.41) is 4.48. The quantitative estimate of drug-likeness (QED) is 0.677. The lowest BCUT2D eigenvalue weighted by Gasteiger charge is -2.42. The zero-order valence-corrected chi connectivity index (χ0v) is 20.3. The fraction of sp³-hybridized carbons (Fsp3) is 0.696. The van der Waals surface area contributed by atoms with Crippen LogP contribution in [0.4, 0.5) is 10.5 Å². The van der Waals surface area contributed by atoms with Crippen molar-refractivity contribution in [3.05, 3.63) is 27.7 Å². The highest BCUT2D eigenvalue weighted by atomic mass is 35.5. The van der Waals surface area contributed by atoms with Crippen LogP contribution in [-0.2, 0) is 0 Å². The summed E-state index contributed by atoms with van der Waals surface area (Å²) in [5.41, 5.74) is 2.07. The molecule has 1 heterocycles. The Labute approximate surface area is 191 Å². The maximum absolute atomic E-state index is 11.8. The Hall–Kier alpha value is -1.17. The summed E-state index contributed by atoms with van der Waals surface area (Å²) in [4.78, 5) is 18.4. The Morgan fingerprint density at radius 1 is 1.13 bits per heavy atom. The second kappa shape index (κ2) is 10.4. The van der Waals surface area contributed by atoms with Crippen molar-refractivity contribution in [3.8, 4) is 0 Å². The van der Waals surface area contributed by atoms with Crippen LogP contribution in [0.2, 0.25) is 10.0 Å². The summed E-state index contributed by atoms with van der Waals surface area (Å²) in [5.74, 6) is 0.774. The molecule has 1 N–H and O–H groups in total. The van der Waals surface area contributed by atoms with E-state index >= 15 is 0 Å². The third-order valence-electron chi connectivity index (χ3n) is 6.71. The van der Waals surface area contributed by atoms with Crippen molar-refractivity contribution in [1.82, 2.24) is 15.1 Å². The zero-order valence-electron chi connectivity index (χ0n) is 18.8. The number of aryl methyl sites for hydroxylation is 1. The van der Waals surface area contributed by atoms with Crippen molar-refractivity contribution in [2.75, 3.05) is 45.2 Å². The number of halogens is 2. The van der Waals surface area contributed by atoms with E-state index in [1.807, 2.05) is 6.92 Å². The van der Waals surface area contributed by atoms with Crippen molar-refractivity contribution >= 4 is 34.9 Å². The third kappa shape index (κ3) is 5.74. The number of carbonyl (C=O) groups excluding carboxylic acids is 1. The standard InChI is InChI=1S/C23H36Cl2N4O/c1-16-5-10-20(22(25)21(16)24)29-14-13-28(15-17(29)2)12-11-18-6-8-19(9-7-18)26-23(30)27(3)4/h5,10,17-19H,6-9,11-15H2,1-4H3,(H,26,30)/t17-,18-,19-/m1/s1. The van der Waals surface area contributed by atoms with Gasteiger partial charge in [0.05, 0.1) is 15.7 Å². The zero-order chi connectivity index (χ0) is 21.8. The number of rotatable bonds is 5. The maximum Gasteiger partial charge on any atom is 0.317 e. The van der Waals surface area contributed by atoms with Crippen LogP contribution in [0.5, 0.6) is 0 Å². The van der Waals surface area contributed by atoms with E-state index < -0.39 is 0 Å². The molecule has 0 bridgehead atoms. The van der Waals surface area contributed by atoms with E-state index in [4.69, 9.17) is 23.2 Å². The number of anilines is 1. The molecule has 1 aromatic carbocycles. The third-order valence-corrected chi connectivity index (χ3v) is 7.68. The van der Waals surface area contributed by atoms with E-state index in [2.05, 4.69) is 34.2 Å². The smallest absolute Gasteiger partial charge is 0.317 e. The van der Waals surface area contributed by atoms with Gasteiger partial charge >= 0.3 is 6.03 Å². The molecule has 0 radical (unpaired) electrons. The second-order valence-corrected chi connectivity index (χ2v) is 9.98. The van der Waals surface area contributed by atoms with Crippen LogP contribution in [0.25, 0.3) is 0 Å². The lowest BCUT2D eigenvalue weighted by Crippen LogP contribution is -2.52. The Balaban J connectivity index is 1.43. The highest BCUT2D eigenvalue weighted by Crippen LogP contribution is 2.36. The SMILES string of the molecule is Cc1ccc(N2CCN(CC[C@H]3CC[C@H](NC(=O)N(C)C)CC3)C[C@H]2C)c(Cl)c1Cl.